The van der Waals surface area contributed by atoms with Gasteiger partial charge >= 0.3 is 18.0 Å². The van der Waals surface area contributed by atoms with E-state index in [1.54, 1.807) is 45.0 Å². The summed E-state index contributed by atoms with van der Waals surface area (Å²) in [6.07, 6.45) is -0.482. The normalized spacial score (nSPS) is 11.0. The monoisotopic (exact) mass is 455 g/mol. The van der Waals surface area contributed by atoms with Gasteiger partial charge in [0.05, 0.1) is 33.0 Å². The zero-order chi connectivity index (χ0) is 23.8. The van der Waals surface area contributed by atoms with Gasteiger partial charge in [0, 0.05) is 13.5 Å². The molecule has 10 heteroatoms. The number of amides is 1. The number of rotatable bonds is 14. The Balaban J connectivity index is 1.97. The van der Waals surface area contributed by atoms with Crippen LogP contribution in [0.25, 0.3) is 0 Å². The number of carbonyl (C=O) groups is 3. The van der Waals surface area contributed by atoms with Crippen LogP contribution in [0.5, 0.6) is 5.75 Å². The third kappa shape index (κ3) is 15.2. The number of alkyl carbamates (subject to hydrolysis) is 1. The van der Waals surface area contributed by atoms with E-state index >= 15 is 0 Å². The van der Waals surface area contributed by atoms with Gasteiger partial charge in [-0.15, -0.1) is 0 Å². The maximum Gasteiger partial charge on any atom is 0.407 e. The van der Waals surface area contributed by atoms with Gasteiger partial charge in [0.15, 0.2) is 0 Å². The summed E-state index contributed by atoms with van der Waals surface area (Å²) in [5.74, 6) is -0.514. The number of hydrogen-bond acceptors (Lipinski definition) is 9. The van der Waals surface area contributed by atoms with E-state index in [4.69, 9.17) is 28.4 Å². The number of esters is 2. The fourth-order valence-corrected chi connectivity index (χ4v) is 2.13. The van der Waals surface area contributed by atoms with E-state index in [2.05, 4.69) is 5.32 Å². The molecule has 1 N–H and O–H groups in total. The molecule has 0 unspecified atom stereocenters. The smallest absolute Gasteiger partial charge is 0.407 e. The highest BCUT2D eigenvalue weighted by molar-refractivity contribution is 5.73. The Labute approximate surface area is 188 Å². The predicted octanol–water partition coefficient (Wildman–Crippen LogP) is 2.23. The second-order valence-corrected chi connectivity index (χ2v) is 7.60. The van der Waals surface area contributed by atoms with Crippen molar-refractivity contribution >= 4 is 18.0 Å². The number of ether oxygens (including phenoxy) is 6. The third-order valence-corrected chi connectivity index (χ3v) is 3.48. The van der Waals surface area contributed by atoms with Gasteiger partial charge in [0.25, 0.3) is 0 Å². The molecule has 10 nitrogen and oxygen atoms in total. The number of benzene rings is 1. The number of nitrogens with one attached hydrogen (secondary N) is 1. The molecule has 0 saturated carbocycles. The zero-order valence-electron chi connectivity index (χ0n) is 19.1. The van der Waals surface area contributed by atoms with Gasteiger partial charge in [-0.1, -0.05) is 12.1 Å². The maximum absolute atomic E-state index is 11.8. The van der Waals surface area contributed by atoms with Gasteiger partial charge in [-0.3, -0.25) is 4.79 Å². The second-order valence-electron chi connectivity index (χ2n) is 7.60. The first-order valence-corrected chi connectivity index (χ1v) is 10.3. The van der Waals surface area contributed by atoms with Crippen LogP contribution in [-0.2, 0) is 39.9 Å². The molecule has 0 aliphatic heterocycles. The van der Waals surface area contributed by atoms with Crippen molar-refractivity contribution in [2.45, 2.75) is 39.9 Å². The summed E-state index contributed by atoms with van der Waals surface area (Å²) in [7, 11) is 0. The van der Waals surface area contributed by atoms with E-state index in [1.807, 2.05) is 0 Å². The zero-order valence-corrected chi connectivity index (χ0v) is 19.1. The van der Waals surface area contributed by atoms with Crippen molar-refractivity contribution in [2.24, 2.45) is 0 Å². The molecule has 180 valence electrons. The standard InChI is InChI=1S/C22H33NO9/c1-17(24)30-15-18-5-7-19(8-6-18)31-20(25)16-29-14-13-28-12-11-27-10-9-23-21(26)32-22(2,3)4/h5-8H,9-16H2,1-4H3,(H,23,26). The van der Waals surface area contributed by atoms with E-state index in [0.717, 1.165) is 5.56 Å². The number of hydrogen-bond donors (Lipinski definition) is 1. The minimum absolute atomic E-state index is 0.167. The summed E-state index contributed by atoms with van der Waals surface area (Å²) >= 11 is 0. The molecule has 1 aromatic rings. The summed E-state index contributed by atoms with van der Waals surface area (Å²) < 4.78 is 31.0. The number of carbonyl (C=O) groups excluding carboxylic acids is 3. The molecular weight excluding hydrogens is 422 g/mol. The van der Waals surface area contributed by atoms with Gasteiger partial charge in [0.1, 0.15) is 24.6 Å². The molecule has 0 saturated heterocycles. The molecule has 0 fully saturated rings. The van der Waals surface area contributed by atoms with E-state index in [1.165, 1.54) is 6.92 Å². The minimum atomic E-state index is -0.531. The van der Waals surface area contributed by atoms with Crippen LogP contribution >= 0.6 is 0 Å². The second kappa shape index (κ2) is 15.2. The molecule has 1 amide bonds. The van der Waals surface area contributed by atoms with Gasteiger partial charge < -0.3 is 33.7 Å². The lowest BCUT2D eigenvalue weighted by Gasteiger charge is -2.19. The molecule has 32 heavy (non-hydrogen) atoms. The lowest BCUT2D eigenvalue weighted by atomic mass is 10.2. The largest absolute Gasteiger partial charge is 0.461 e. The molecule has 0 aliphatic carbocycles. The molecule has 0 aromatic heterocycles. The quantitative estimate of drug-likeness (QED) is 0.256. The van der Waals surface area contributed by atoms with Crippen molar-refractivity contribution in [3.63, 3.8) is 0 Å². The first-order chi connectivity index (χ1) is 15.2. The molecule has 0 atom stereocenters. The van der Waals surface area contributed by atoms with E-state index in [0.29, 0.717) is 38.7 Å². The Morgan fingerprint density at radius 2 is 1.47 bits per heavy atom. The molecule has 0 spiro atoms. The maximum atomic E-state index is 11.8. The Morgan fingerprint density at radius 1 is 0.875 bits per heavy atom. The van der Waals surface area contributed by atoms with E-state index in [9.17, 15) is 14.4 Å². The molecule has 0 heterocycles. The summed E-state index contributed by atoms with van der Waals surface area (Å²) in [5.41, 5.74) is 0.257. The van der Waals surface area contributed by atoms with Crippen molar-refractivity contribution in [2.75, 3.05) is 46.2 Å². The fraction of sp³-hybridized carbons (Fsp3) is 0.591. The van der Waals surface area contributed by atoms with Crippen molar-refractivity contribution in [1.82, 2.24) is 5.32 Å². The van der Waals surface area contributed by atoms with Crippen LogP contribution in [0.3, 0.4) is 0 Å². The van der Waals surface area contributed by atoms with Crippen LogP contribution in [-0.4, -0.2) is 69.8 Å². The van der Waals surface area contributed by atoms with Crippen LogP contribution in [0, 0.1) is 0 Å². The molecule has 1 aromatic carbocycles. The van der Waals surface area contributed by atoms with E-state index < -0.39 is 17.7 Å². The molecule has 0 radical (unpaired) electrons. The van der Waals surface area contributed by atoms with E-state index in [-0.39, 0.29) is 25.8 Å². The highest BCUT2D eigenvalue weighted by Gasteiger charge is 2.15. The highest BCUT2D eigenvalue weighted by Crippen LogP contribution is 2.13. The van der Waals surface area contributed by atoms with Gasteiger partial charge in [-0.2, -0.15) is 0 Å². The summed E-state index contributed by atoms with van der Waals surface area (Å²) in [6.45, 7) is 8.63. The average molecular weight is 456 g/mol. The molecular formula is C22H33NO9. The Bertz CT molecular complexity index is 698. The summed E-state index contributed by atoms with van der Waals surface area (Å²) in [6, 6.07) is 6.64. The Morgan fingerprint density at radius 3 is 2.06 bits per heavy atom. The molecule has 0 bridgehead atoms. The highest BCUT2D eigenvalue weighted by atomic mass is 16.6. The van der Waals surface area contributed by atoms with Crippen LogP contribution in [0.2, 0.25) is 0 Å². The fourth-order valence-electron chi connectivity index (χ4n) is 2.13. The molecule has 1 rings (SSSR count). The lowest BCUT2D eigenvalue weighted by Crippen LogP contribution is -2.34. The van der Waals surface area contributed by atoms with Crippen molar-refractivity contribution in [3.8, 4) is 5.75 Å². The minimum Gasteiger partial charge on any atom is -0.461 e. The van der Waals surface area contributed by atoms with Gasteiger partial charge in [-0.25, -0.2) is 9.59 Å². The predicted molar refractivity (Wildman–Crippen MR) is 114 cm³/mol. The summed E-state index contributed by atoms with van der Waals surface area (Å²) in [5, 5.41) is 2.59. The van der Waals surface area contributed by atoms with Crippen LogP contribution in [0.1, 0.15) is 33.3 Å². The average Bonchev–Trinajstić information content (AvgIpc) is 2.70. The first kappa shape index (κ1) is 27.3. The van der Waals surface area contributed by atoms with Gasteiger partial charge in [0.2, 0.25) is 0 Å². The van der Waals surface area contributed by atoms with Crippen molar-refractivity contribution in [1.29, 1.82) is 0 Å². The van der Waals surface area contributed by atoms with Crippen molar-refractivity contribution in [3.05, 3.63) is 29.8 Å². The van der Waals surface area contributed by atoms with Crippen LogP contribution < -0.4 is 10.1 Å². The van der Waals surface area contributed by atoms with Gasteiger partial charge in [-0.05, 0) is 38.5 Å². The van der Waals surface area contributed by atoms with Crippen molar-refractivity contribution < 1.29 is 42.8 Å². The Hall–Kier alpha value is -2.69. The SMILES string of the molecule is CC(=O)OCc1ccc(OC(=O)COCCOCCOCCNC(=O)OC(C)(C)C)cc1. The van der Waals surface area contributed by atoms with Crippen LogP contribution in [0.15, 0.2) is 24.3 Å². The van der Waals surface area contributed by atoms with Crippen LogP contribution in [0.4, 0.5) is 4.79 Å². The molecule has 0 aliphatic rings. The summed E-state index contributed by atoms with van der Waals surface area (Å²) in [4.78, 5) is 34.0. The first-order valence-electron chi connectivity index (χ1n) is 10.3. The third-order valence-electron chi connectivity index (χ3n) is 3.48. The lowest BCUT2D eigenvalue weighted by molar-refractivity contribution is -0.142. The topological polar surface area (TPSA) is 119 Å². The Kier molecular flexibility index (Phi) is 13.0.